The molecule has 1 atom stereocenters. The van der Waals surface area contributed by atoms with Crippen molar-refractivity contribution in [3.05, 3.63) is 0 Å². The fourth-order valence-corrected chi connectivity index (χ4v) is 0.192. The van der Waals surface area contributed by atoms with Gasteiger partial charge in [-0.15, -0.1) is 0 Å². The standard InChI is InChI=1S/C5H10O2/c1-4(2)5(7)3-6/h4-5H,3H2,1-2H3. The lowest BCUT2D eigenvalue weighted by Gasteiger charge is -2.04. The van der Waals surface area contributed by atoms with E-state index in [9.17, 15) is 10.2 Å². The summed E-state index contributed by atoms with van der Waals surface area (Å²) in [4.78, 5) is 0. The summed E-state index contributed by atoms with van der Waals surface area (Å²) in [7, 11) is 0. The zero-order chi connectivity index (χ0) is 5.86. The molecular formula is C5H10O2. The maximum atomic E-state index is 10.3. The Morgan fingerprint density at radius 1 is 1.43 bits per heavy atom. The first-order chi connectivity index (χ1) is 3.18. The fraction of sp³-hybridized carbons (Fsp3) is 1.00. The van der Waals surface area contributed by atoms with Gasteiger partial charge < -0.3 is 0 Å². The van der Waals surface area contributed by atoms with Crippen molar-refractivity contribution in [1.82, 2.24) is 0 Å². The van der Waals surface area contributed by atoms with Gasteiger partial charge in [0, 0.05) is 0 Å². The van der Waals surface area contributed by atoms with Gasteiger partial charge >= 0.3 is 0 Å². The van der Waals surface area contributed by atoms with Crippen LogP contribution in [0.4, 0.5) is 0 Å². The topological polar surface area (TPSA) is 39.8 Å². The molecule has 42 valence electrons. The van der Waals surface area contributed by atoms with Crippen LogP contribution in [0.2, 0.25) is 0 Å². The predicted octanol–water partition coefficient (Wildman–Crippen LogP) is 0.872. The lowest BCUT2D eigenvalue weighted by atomic mass is 10.1. The van der Waals surface area contributed by atoms with Crippen LogP contribution >= 0.6 is 0 Å². The monoisotopic (exact) mass is 102 g/mol. The van der Waals surface area contributed by atoms with Crippen LogP contribution in [0.5, 0.6) is 0 Å². The van der Waals surface area contributed by atoms with Crippen LogP contribution < -0.4 is 0 Å². The summed E-state index contributed by atoms with van der Waals surface area (Å²) in [5, 5.41) is 20.0. The lowest BCUT2D eigenvalue weighted by Crippen LogP contribution is -2.16. The van der Waals surface area contributed by atoms with E-state index in [4.69, 9.17) is 0 Å². The van der Waals surface area contributed by atoms with Crippen LogP contribution in [0, 0.1) is 5.92 Å². The maximum absolute atomic E-state index is 10.3. The second kappa shape index (κ2) is 2.99. The number of rotatable bonds is 2. The van der Waals surface area contributed by atoms with Crippen molar-refractivity contribution in [3.8, 4) is 0 Å². The molecule has 0 aromatic carbocycles. The van der Waals surface area contributed by atoms with E-state index in [1.165, 1.54) is 0 Å². The van der Waals surface area contributed by atoms with Crippen molar-refractivity contribution in [2.75, 3.05) is 6.61 Å². The van der Waals surface area contributed by atoms with Crippen LogP contribution in [0.1, 0.15) is 13.8 Å². The second-order valence-corrected chi connectivity index (χ2v) is 1.95. The Balaban J connectivity index is 3.14. The third-order valence-electron chi connectivity index (χ3n) is 0.908. The van der Waals surface area contributed by atoms with Crippen LogP contribution in [-0.2, 0) is 10.2 Å². The summed E-state index contributed by atoms with van der Waals surface area (Å²) >= 11 is 0. The molecule has 0 aliphatic heterocycles. The smallest absolute Gasteiger partial charge is 0.122 e. The highest BCUT2D eigenvalue weighted by Gasteiger charge is 2.08. The molecule has 7 heavy (non-hydrogen) atoms. The SMILES string of the molecule is CC(C)C([O])C[O]. The Bertz CT molecular complexity index is 43.3. The molecule has 0 aromatic rings. The summed E-state index contributed by atoms with van der Waals surface area (Å²) in [5.74, 6) is -0.00231. The molecular weight excluding hydrogens is 92.1 g/mol. The lowest BCUT2D eigenvalue weighted by molar-refractivity contribution is -0.0202. The summed E-state index contributed by atoms with van der Waals surface area (Å²) in [6, 6.07) is 0. The van der Waals surface area contributed by atoms with Crippen LogP contribution in [0.3, 0.4) is 0 Å². The molecule has 0 spiro atoms. The predicted molar refractivity (Wildman–Crippen MR) is 24.9 cm³/mol. The average Bonchev–Trinajstić information content (AvgIpc) is 1.65. The van der Waals surface area contributed by atoms with Gasteiger partial charge in [0.1, 0.15) is 12.7 Å². The van der Waals surface area contributed by atoms with Crippen molar-refractivity contribution >= 4 is 0 Å². The van der Waals surface area contributed by atoms with Gasteiger partial charge in [0.05, 0.1) is 0 Å². The number of hydrogen-bond acceptors (Lipinski definition) is 0. The van der Waals surface area contributed by atoms with Crippen molar-refractivity contribution < 1.29 is 10.2 Å². The molecule has 0 rings (SSSR count). The molecule has 0 saturated heterocycles. The molecule has 2 heteroatoms. The first kappa shape index (κ1) is 6.92. The fourth-order valence-electron chi connectivity index (χ4n) is 0.192. The first-order valence-corrected chi connectivity index (χ1v) is 2.42. The molecule has 0 aromatic heterocycles. The Morgan fingerprint density at radius 3 is 1.86 bits per heavy atom. The van der Waals surface area contributed by atoms with Gasteiger partial charge in [0.15, 0.2) is 0 Å². The highest BCUT2D eigenvalue weighted by molar-refractivity contribution is 4.54. The Kier molecular flexibility index (Phi) is 2.96. The average molecular weight is 102 g/mol. The van der Waals surface area contributed by atoms with E-state index < -0.39 is 12.7 Å². The zero-order valence-electron chi connectivity index (χ0n) is 4.68. The Morgan fingerprint density at radius 2 is 1.86 bits per heavy atom. The summed E-state index contributed by atoms with van der Waals surface area (Å²) in [6.45, 7) is 3.03. The Hall–Kier alpha value is -0.0800. The van der Waals surface area contributed by atoms with Crippen molar-refractivity contribution in [2.24, 2.45) is 5.92 Å². The van der Waals surface area contributed by atoms with E-state index in [1.54, 1.807) is 13.8 Å². The maximum Gasteiger partial charge on any atom is 0.122 e. The summed E-state index contributed by atoms with van der Waals surface area (Å²) < 4.78 is 0. The third-order valence-corrected chi connectivity index (χ3v) is 0.908. The van der Waals surface area contributed by atoms with Crippen molar-refractivity contribution in [2.45, 2.75) is 20.0 Å². The molecule has 0 fully saturated rings. The molecule has 0 aliphatic carbocycles. The molecule has 2 radical (unpaired) electrons. The largest absolute Gasteiger partial charge is 0.234 e. The van der Waals surface area contributed by atoms with Gasteiger partial charge in [-0.25, -0.2) is 10.2 Å². The van der Waals surface area contributed by atoms with E-state index in [0.717, 1.165) is 0 Å². The molecule has 0 saturated carbocycles. The molecule has 1 unspecified atom stereocenters. The molecule has 0 heterocycles. The van der Waals surface area contributed by atoms with Gasteiger partial charge in [0.2, 0.25) is 0 Å². The van der Waals surface area contributed by atoms with Gasteiger partial charge in [-0.2, -0.15) is 0 Å². The minimum atomic E-state index is -0.903. The van der Waals surface area contributed by atoms with Gasteiger partial charge in [-0.1, -0.05) is 13.8 Å². The molecule has 0 aliphatic rings. The minimum Gasteiger partial charge on any atom is -0.234 e. The van der Waals surface area contributed by atoms with Gasteiger partial charge in [-0.3, -0.25) is 0 Å². The van der Waals surface area contributed by atoms with E-state index >= 15 is 0 Å². The molecule has 2 nitrogen and oxygen atoms in total. The van der Waals surface area contributed by atoms with E-state index in [0.29, 0.717) is 0 Å². The van der Waals surface area contributed by atoms with E-state index in [1.807, 2.05) is 0 Å². The molecule has 0 bridgehead atoms. The van der Waals surface area contributed by atoms with Crippen LogP contribution in [0.15, 0.2) is 0 Å². The van der Waals surface area contributed by atoms with E-state index in [-0.39, 0.29) is 5.92 Å². The highest BCUT2D eigenvalue weighted by atomic mass is 16.3. The van der Waals surface area contributed by atoms with Gasteiger partial charge in [-0.05, 0) is 5.92 Å². The second-order valence-electron chi connectivity index (χ2n) is 1.95. The van der Waals surface area contributed by atoms with Crippen LogP contribution in [-0.4, -0.2) is 12.7 Å². The third kappa shape index (κ3) is 2.60. The van der Waals surface area contributed by atoms with Crippen molar-refractivity contribution in [3.63, 3.8) is 0 Å². The highest BCUT2D eigenvalue weighted by Crippen LogP contribution is 1.98. The molecule has 0 amide bonds. The Labute approximate surface area is 43.8 Å². The number of hydrogen-bond donors (Lipinski definition) is 0. The quantitative estimate of drug-likeness (QED) is 0.496. The first-order valence-electron chi connectivity index (χ1n) is 2.42. The minimum absolute atomic E-state index is 0.00231. The summed E-state index contributed by atoms with van der Waals surface area (Å²) in [5.41, 5.74) is 0. The normalized spacial score (nSPS) is 15.0. The zero-order valence-corrected chi connectivity index (χ0v) is 4.68. The van der Waals surface area contributed by atoms with Gasteiger partial charge in [0.25, 0.3) is 0 Å². The van der Waals surface area contributed by atoms with Crippen LogP contribution in [0.25, 0.3) is 0 Å². The summed E-state index contributed by atoms with van der Waals surface area (Å²) in [6.07, 6.45) is -0.903. The van der Waals surface area contributed by atoms with E-state index in [2.05, 4.69) is 0 Å². The molecule has 0 N–H and O–H groups in total. The van der Waals surface area contributed by atoms with Crippen molar-refractivity contribution in [1.29, 1.82) is 0 Å².